The quantitative estimate of drug-likeness (QED) is 0.568. The molecule has 2 N–H and O–H groups in total. The molecular formula is C10H16BN4O3-. The predicted molar refractivity (Wildman–Crippen MR) is 65.1 cm³/mol. The van der Waals surface area contributed by atoms with Gasteiger partial charge < -0.3 is 20.4 Å². The SMILES string of the molecule is CB=O.CN1COC(=O)[C@@H]1CCc1c[n-]c(N)n1. The number of rotatable bonds is 3. The van der Waals surface area contributed by atoms with Gasteiger partial charge in [0.05, 0.1) is 0 Å². The first kappa shape index (κ1) is 14.4. The number of carbonyl (C=O) groups excluding carboxylic acids is 1. The Hall–Kier alpha value is -1.70. The Morgan fingerprint density at radius 1 is 1.72 bits per heavy atom. The van der Waals surface area contributed by atoms with Gasteiger partial charge in [-0.15, -0.1) is 0 Å². The van der Waals surface area contributed by atoms with Crippen LogP contribution in [0.2, 0.25) is 6.82 Å². The van der Waals surface area contributed by atoms with E-state index in [2.05, 4.69) is 9.97 Å². The molecule has 0 saturated carbocycles. The zero-order chi connectivity index (χ0) is 13.5. The van der Waals surface area contributed by atoms with Crippen LogP contribution in [0.5, 0.6) is 0 Å². The monoisotopic (exact) mass is 251 g/mol. The van der Waals surface area contributed by atoms with Crippen molar-refractivity contribution in [1.82, 2.24) is 14.9 Å². The molecule has 8 heteroatoms. The summed E-state index contributed by atoms with van der Waals surface area (Å²) in [6.07, 6.45) is 3.01. The Morgan fingerprint density at radius 3 is 2.83 bits per heavy atom. The smallest absolute Gasteiger partial charge is 0.324 e. The number of esters is 1. The van der Waals surface area contributed by atoms with Crippen molar-refractivity contribution in [3.05, 3.63) is 11.9 Å². The number of nitrogens with two attached hydrogens (primary N) is 1. The molecule has 18 heavy (non-hydrogen) atoms. The molecule has 1 saturated heterocycles. The van der Waals surface area contributed by atoms with Crippen LogP contribution in [-0.4, -0.2) is 42.8 Å². The molecule has 2 rings (SSSR count). The van der Waals surface area contributed by atoms with Crippen LogP contribution in [0.3, 0.4) is 0 Å². The molecule has 0 spiro atoms. The number of nitrogen functional groups attached to an aromatic ring is 1. The first-order valence-electron chi connectivity index (χ1n) is 5.59. The molecule has 1 aliphatic rings. The molecule has 1 aromatic rings. The Morgan fingerprint density at radius 2 is 2.39 bits per heavy atom. The molecule has 1 atom stereocenters. The predicted octanol–water partition coefficient (Wildman–Crippen LogP) is -0.547. The third-order valence-electron chi connectivity index (χ3n) is 2.49. The van der Waals surface area contributed by atoms with E-state index in [1.807, 2.05) is 11.9 Å². The minimum atomic E-state index is -0.164. The van der Waals surface area contributed by atoms with Gasteiger partial charge in [0.1, 0.15) is 12.8 Å². The first-order valence-corrected chi connectivity index (χ1v) is 5.59. The van der Waals surface area contributed by atoms with Crippen LogP contribution >= 0.6 is 0 Å². The van der Waals surface area contributed by atoms with Crippen molar-refractivity contribution in [2.45, 2.75) is 25.7 Å². The zero-order valence-electron chi connectivity index (χ0n) is 10.5. The van der Waals surface area contributed by atoms with E-state index < -0.39 is 0 Å². The number of nitrogens with zero attached hydrogens (tertiary/aromatic N) is 3. The number of anilines is 1. The Labute approximate surface area is 106 Å². The number of ether oxygens (including phenoxy) is 1. The molecule has 0 bridgehead atoms. The van der Waals surface area contributed by atoms with Gasteiger partial charge in [-0.3, -0.25) is 9.69 Å². The third-order valence-corrected chi connectivity index (χ3v) is 2.49. The average Bonchev–Trinajstić information content (AvgIpc) is 2.86. The summed E-state index contributed by atoms with van der Waals surface area (Å²) in [5.41, 5.74) is 6.21. The molecule has 0 aliphatic carbocycles. The van der Waals surface area contributed by atoms with E-state index in [4.69, 9.17) is 15.2 Å². The number of aryl methyl sites for hydroxylation is 1. The molecule has 7 nitrogen and oxygen atoms in total. The Balaban J connectivity index is 0.000000492. The number of hydrogen-bond donors (Lipinski definition) is 1. The van der Waals surface area contributed by atoms with E-state index >= 15 is 0 Å². The normalized spacial score (nSPS) is 18.8. The summed E-state index contributed by atoms with van der Waals surface area (Å²) in [5.74, 6) is 0.123. The standard InChI is InChI=1S/C9H13N4O2.CH3BO/c1-13-5-15-8(14)7(13)3-2-6-4-11-9(10)12-6;1-2-3/h4,7H,2-3,5H2,1H3,(H2-,10,11,12);1H3/q-1;/t7-;/m0./s1. The van der Waals surface area contributed by atoms with Crippen molar-refractivity contribution in [3.63, 3.8) is 0 Å². The molecule has 0 aromatic carbocycles. The maximum atomic E-state index is 11.3. The van der Waals surface area contributed by atoms with Gasteiger partial charge in [0.2, 0.25) is 0 Å². The number of hydrogen-bond acceptors (Lipinski definition) is 6. The van der Waals surface area contributed by atoms with E-state index in [1.54, 1.807) is 6.20 Å². The maximum absolute atomic E-state index is 11.3. The fourth-order valence-corrected chi connectivity index (χ4v) is 1.62. The van der Waals surface area contributed by atoms with Crippen LogP contribution in [0, 0.1) is 0 Å². The molecule has 0 radical (unpaired) electrons. The van der Waals surface area contributed by atoms with Crippen LogP contribution in [0.4, 0.5) is 5.95 Å². The second kappa shape index (κ2) is 6.90. The van der Waals surface area contributed by atoms with Crippen molar-refractivity contribution < 1.29 is 14.2 Å². The summed E-state index contributed by atoms with van der Waals surface area (Å²) < 4.78 is 13.7. The van der Waals surface area contributed by atoms with Crippen LogP contribution < -0.4 is 10.7 Å². The summed E-state index contributed by atoms with van der Waals surface area (Å²) >= 11 is 0. The van der Waals surface area contributed by atoms with Crippen molar-refractivity contribution in [2.75, 3.05) is 19.5 Å². The molecule has 1 aromatic heterocycles. The van der Waals surface area contributed by atoms with Gasteiger partial charge in [-0.1, -0.05) is 0 Å². The molecule has 1 fully saturated rings. The van der Waals surface area contributed by atoms with E-state index in [0.29, 0.717) is 19.6 Å². The minimum absolute atomic E-state index is 0.162. The van der Waals surface area contributed by atoms with Crippen LogP contribution in [0.25, 0.3) is 0 Å². The topological polar surface area (TPSA) is 99.6 Å². The van der Waals surface area contributed by atoms with Crippen LogP contribution in [0.15, 0.2) is 6.20 Å². The zero-order valence-corrected chi connectivity index (χ0v) is 10.5. The molecule has 98 valence electrons. The average molecular weight is 251 g/mol. The maximum Gasteiger partial charge on any atom is 0.324 e. The summed E-state index contributed by atoms with van der Waals surface area (Å²) in [6, 6.07) is -0.164. The van der Waals surface area contributed by atoms with Crippen molar-refractivity contribution in [3.8, 4) is 0 Å². The van der Waals surface area contributed by atoms with Gasteiger partial charge in [0.15, 0.2) is 0 Å². The van der Waals surface area contributed by atoms with Crippen molar-refractivity contribution >= 4 is 19.1 Å². The summed E-state index contributed by atoms with van der Waals surface area (Å²) in [5, 5.41) is 0. The molecule has 0 unspecified atom stereocenters. The van der Waals surface area contributed by atoms with E-state index in [0.717, 1.165) is 12.8 Å². The summed E-state index contributed by atoms with van der Waals surface area (Å²) in [7, 11) is 2.61. The van der Waals surface area contributed by atoms with E-state index in [1.165, 1.54) is 6.82 Å². The van der Waals surface area contributed by atoms with E-state index in [9.17, 15) is 4.79 Å². The number of aromatic nitrogens is 2. The number of imidazole rings is 1. The van der Waals surface area contributed by atoms with Gasteiger partial charge in [0, 0.05) is 5.95 Å². The number of likely N-dealkylation sites (N-methyl/N-ethyl adjacent to an activating group) is 1. The largest absolute Gasteiger partial charge is 0.453 e. The summed E-state index contributed by atoms with van der Waals surface area (Å²) in [4.78, 5) is 21.0. The molecular weight excluding hydrogens is 235 g/mol. The molecule has 0 amide bonds. The number of cyclic esters (lactones) is 1. The van der Waals surface area contributed by atoms with Gasteiger partial charge in [0.25, 0.3) is 0 Å². The van der Waals surface area contributed by atoms with Crippen molar-refractivity contribution in [1.29, 1.82) is 0 Å². The number of carbonyl (C=O) groups is 1. The van der Waals surface area contributed by atoms with Gasteiger partial charge in [-0.05, 0) is 31.8 Å². The Bertz CT molecular complexity index is 410. The fraction of sp³-hybridized carbons (Fsp3) is 0.600. The minimum Gasteiger partial charge on any atom is -0.453 e. The fourth-order valence-electron chi connectivity index (χ4n) is 1.62. The van der Waals surface area contributed by atoms with Crippen molar-refractivity contribution in [2.24, 2.45) is 0 Å². The Kier molecular flexibility index (Phi) is 5.51. The summed E-state index contributed by atoms with van der Waals surface area (Å²) in [6.45, 7) is 1.82. The third kappa shape index (κ3) is 3.95. The van der Waals surface area contributed by atoms with E-state index in [-0.39, 0.29) is 18.0 Å². The van der Waals surface area contributed by atoms with Gasteiger partial charge in [-0.2, -0.15) is 0 Å². The second-order valence-electron chi connectivity index (χ2n) is 3.86. The van der Waals surface area contributed by atoms with Crippen LogP contribution in [-0.2, 0) is 20.7 Å². The first-order chi connectivity index (χ1) is 8.58. The molecule has 1 aliphatic heterocycles. The second-order valence-corrected chi connectivity index (χ2v) is 3.86. The van der Waals surface area contributed by atoms with Crippen LogP contribution in [0.1, 0.15) is 12.1 Å². The van der Waals surface area contributed by atoms with Gasteiger partial charge in [-0.25, -0.2) is 0 Å². The van der Waals surface area contributed by atoms with Gasteiger partial charge >= 0.3 is 24.6 Å². The molecule has 2 heterocycles.